The summed E-state index contributed by atoms with van der Waals surface area (Å²) in [5.41, 5.74) is -0.539. The molecule has 1 aromatic carbocycles. The summed E-state index contributed by atoms with van der Waals surface area (Å²) in [4.78, 5) is 95.7. The smallest absolute Gasteiger partial charge is 0.326 e. The highest BCUT2D eigenvalue weighted by atomic mass is 32.1. The first-order chi connectivity index (χ1) is 33.2. The second-order valence-corrected chi connectivity index (χ2v) is 19.2. The van der Waals surface area contributed by atoms with Crippen LogP contribution < -0.4 is 16.0 Å². The number of nitrogens with zero attached hydrogens (tertiary/aromatic N) is 3. The van der Waals surface area contributed by atoms with Gasteiger partial charge in [0.2, 0.25) is 23.6 Å². The Hall–Kier alpha value is -4.86. The molecule has 0 radical (unpaired) electrons. The Morgan fingerprint density at radius 1 is 0.886 bits per heavy atom. The number of carbonyl (C=O) groups excluding carboxylic acids is 6. The van der Waals surface area contributed by atoms with E-state index < -0.39 is 59.6 Å². The molecule has 0 saturated carbocycles. The van der Waals surface area contributed by atoms with Crippen molar-refractivity contribution >= 4 is 58.6 Å². The van der Waals surface area contributed by atoms with Gasteiger partial charge < -0.3 is 54.5 Å². The first-order valence-electron chi connectivity index (χ1n) is 24.3. The number of carboxylic acid groups (broad SMARTS) is 1. The molecule has 0 bridgehead atoms. The number of hydrogen-bond acceptors (Lipinski definition) is 13. The Kier molecular flexibility index (Phi) is 25.0. The number of benzene rings is 1. The van der Waals surface area contributed by atoms with Crippen molar-refractivity contribution < 1.29 is 62.4 Å². The lowest BCUT2D eigenvalue weighted by atomic mass is 9.89. The van der Waals surface area contributed by atoms with Gasteiger partial charge in [-0.15, -0.1) is 0 Å². The molecule has 1 fully saturated rings. The molecule has 2 aliphatic rings. The fourth-order valence-corrected chi connectivity index (χ4v) is 8.97. The highest BCUT2D eigenvalue weighted by Gasteiger charge is 2.43. The van der Waals surface area contributed by atoms with Gasteiger partial charge in [-0.1, -0.05) is 83.6 Å². The van der Waals surface area contributed by atoms with E-state index in [9.17, 15) is 38.7 Å². The van der Waals surface area contributed by atoms with Crippen molar-refractivity contribution in [2.75, 3.05) is 74.0 Å². The molecule has 8 unspecified atom stereocenters. The summed E-state index contributed by atoms with van der Waals surface area (Å²) in [6.45, 7) is 14.5. The summed E-state index contributed by atoms with van der Waals surface area (Å²) in [5, 5.41) is 18.7. The zero-order valence-electron chi connectivity index (χ0n) is 42.7. The number of rotatable bonds is 32. The summed E-state index contributed by atoms with van der Waals surface area (Å²) in [7, 11) is 4.73. The first-order valence-corrected chi connectivity index (χ1v) is 24.7. The number of ether oxygens (including phenoxy) is 5. The number of hydrogen-bond donors (Lipinski definition) is 4. The van der Waals surface area contributed by atoms with E-state index in [1.807, 2.05) is 65.0 Å². The highest BCUT2D eigenvalue weighted by molar-refractivity contribution is 7.80. The molecule has 4 N–H and O–H groups in total. The largest absolute Gasteiger partial charge is 0.480 e. The van der Waals surface area contributed by atoms with E-state index in [0.717, 1.165) is 16.9 Å². The standard InChI is InChI=1S/C50H78N6O13S/c1-11-33(4)44(38(65-9)31-42(60)55-22-15-18-37(55)45(66-10)34(5)46(70)51-36(48(62)63)30-35-16-13-12-14-17-35)54(8)47(61)43(32(2)3)52-49(64)50(6,7)53-39(57)21-24-67-26-28-69-29-27-68-25-23-56-40(58)19-20-41(56)59/h12-14,16-17,19-20,32-34,36-38,43-45H,11,15,18,21-31H2,1-10H3,(H,51,70)(H,52,64)(H,53,57)(H,62,63). The van der Waals surface area contributed by atoms with E-state index >= 15 is 0 Å². The molecule has 19 nitrogen and oxygen atoms in total. The molecule has 3 rings (SSSR count). The van der Waals surface area contributed by atoms with E-state index in [1.165, 1.54) is 19.3 Å². The lowest BCUT2D eigenvalue weighted by molar-refractivity contribution is -0.147. The van der Waals surface area contributed by atoms with Gasteiger partial charge in [0.1, 0.15) is 17.6 Å². The summed E-state index contributed by atoms with van der Waals surface area (Å²) in [6, 6.07) is 6.45. The molecule has 0 spiro atoms. The maximum Gasteiger partial charge on any atom is 0.326 e. The molecule has 2 heterocycles. The van der Waals surface area contributed by atoms with E-state index in [0.29, 0.717) is 24.4 Å². The fraction of sp³-hybridized carbons (Fsp3) is 0.680. The minimum Gasteiger partial charge on any atom is -0.480 e. The van der Waals surface area contributed by atoms with Crippen molar-refractivity contribution in [3.63, 3.8) is 0 Å². The molecular formula is C50H78N6O13S. The Bertz CT molecular complexity index is 1920. The van der Waals surface area contributed by atoms with Crippen molar-refractivity contribution in [1.29, 1.82) is 0 Å². The monoisotopic (exact) mass is 1000 g/mol. The maximum atomic E-state index is 14.5. The van der Waals surface area contributed by atoms with E-state index in [1.54, 1.807) is 37.8 Å². The Labute approximate surface area is 419 Å². The number of carbonyl (C=O) groups is 7. The Balaban J connectivity index is 1.55. The molecule has 392 valence electrons. The normalized spacial score (nSPS) is 18.0. The van der Waals surface area contributed by atoms with E-state index in [4.69, 9.17) is 35.9 Å². The average Bonchev–Trinajstić information content (AvgIpc) is 3.94. The maximum absolute atomic E-state index is 14.5. The number of thiocarbonyl (C=S) groups is 1. The molecule has 0 aromatic heterocycles. The summed E-state index contributed by atoms with van der Waals surface area (Å²) in [6.07, 6.45) is 3.39. The highest BCUT2D eigenvalue weighted by Crippen LogP contribution is 2.30. The van der Waals surface area contributed by atoms with Crippen LogP contribution in [0.5, 0.6) is 0 Å². The Morgan fingerprint density at radius 2 is 1.49 bits per heavy atom. The van der Waals surface area contributed by atoms with Crippen molar-refractivity contribution in [3.05, 3.63) is 48.0 Å². The van der Waals surface area contributed by atoms with Crippen LogP contribution in [0, 0.1) is 17.8 Å². The van der Waals surface area contributed by atoms with Gasteiger partial charge >= 0.3 is 5.97 Å². The first kappa shape index (κ1) is 59.4. The van der Waals surface area contributed by atoms with Crippen LogP contribution in [-0.2, 0) is 63.7 Å². The number of imide groups is 1. The number of nitrogens with one attached hydrogen (secondary N) is 3. The molecule has 1 saturated heterocycles. The minimum absolute atomic E-state index is 0.0258. The van der Waals surface area contributed by atoms with Crippen LogP contribution in [0.25, 0.3) is 0 Å². The second-order valence-electron chi connectivity index (χ2n) is 18.8. The molecule has 70 heavy (non-hydrogen) atoms. The fourth-order valence-electron chi connectivity index (χ4n) is 8.70. The number of methoxy groups -OCH3 is 2. The Morgan fingerprint density at radius 3 is 2.04 bits per heavy atom. The zero-order valence-corrected chi connectivity index (χ0v) is 43.5. The van der Waals surface area contributed by atoms with Crippen LogP contribution >= 0.6 is 12.2 Å². The zero-order chi connectivity index (χ0) is 52.1. The third-order valence-corrected chi connectivity index (χ3v) is 13.5. The van der Waals surface area contributed by atoms with Gasteiger partial charge in [0.25, 0.3) is 11.8 Å². The lowest BCUT2D eigenvalue weighted by Crippen LogP contribution is -2.62. The SMILES string of the molecule is CCC(C)C(C(CC(=O)N1CCCC1C(OC)C(C)C(=S)NC(Cc1ccccc1)C(=O)O)OC)N(C)C(=O)C(NC(=O)C(C)(C)NC(=O)CCOCCOCCOCCN1C(=O)C=CC1=O)C(C)C. The predicted molar refractivity (Wildman–Crippen MR) is 265 cm³/mol. The van der Waals surface area contributed by atoms with Crippen molar-refractivity contribution in [1.82, 2.24) is 30.7 Å². The average molecular weight is 1000 g/mol. The van der Waals surface area contributed by atoms with Crippen LogP contribution in [0.15, 0.2) is 42.5 Å². The van der Waals surface area contributed by atoms with Gasteiger partial charge in [0.05, 0.1) is 81.9 Å². The number of carboxylic acids is 1. The quantitative estimate of drug-likeness (QED) is 0.0462. The van der Waals surface area contributed by atoms with Crippen LogP contribution in [0.3, 0.4) is 0 Å². The number of likely N-dealkylation sites (N-methyl/N-ethyl adjacent to an activating group) is 1. The van der Waals surface area contributed by atoms with Crippen LogP contribution in [-0.4, -0.2) is 182 Å². The molecule has 2 aliphatic heterocycles. The molecule has 20 heteroatoms. The molecular weight excluding hydrogens is 925 g/mol. The summed E-state index contributed by atoms with van der Waals surface area (Å²) in [5.74, 6) is -4.20. The van der Waals surface area contributed by atoms with Crippen LogP contribution in [0.1, 0.15) is 86.1 Å². The molecule has 8 atom stereocenters. The lowest BCUT2D eigenvalue weighted by Gasteiger charge is -2.41. The van der Waals surface area contributed by atoms with Crippen molar-refractivity contribution in [2.45, 2.75) is 129 Å². The van der Waals surface area contributed by atoms with Crippen molar-refractivity contribution in [2.24, 2.45) is 17.8 Å². The second kappa shape index (κ2) is 29.5. The van der Waals surface area contributed by atoms with Crippen molar-refractivity contribution in [3.8, 4) is 0 Å². The minimum atomic E-state index is -1.39. The van der Waals surface area contributed by atoms with Gasteiger partial charge in [-0.05, 0) is 44.1 Å². The van der Waals surface area contributed by atoms with E-state index in [-0.39, 0.29) is 107 Å². The number of amides is 6. The summed E-state index contributed by atoms with van der Waals surface area (Å²) >= 11 is 5.76. The van der Waals surface area contributed by atoms with Gasteiger partial charge in [0.15, 0.2) is 0 Å². The molecule has 0 aliphatic carbocycles. The third-order valence-electron chi connectivity index (χ3n) is 13.0. The molecule has 1 aromatic rings. The topological polar surface area (TPSA) is 232 Å². The van der Waals surface area contributed by atoms with Gasteiger partial charge in [-0.25, -0.2) is 4.79 Å². The van der Waals surface area contributed by atoms with Gasteiger partial charge in [-0.2, -0.15) is 0 Å². The van der Waals surface area contributed by atoms with Crippen LogP contribution in [0.2, 0.25) is 0 Å². The number of likely N-dealkylation sites (tertiary alicyclic amines) is 1. The van der Waals surface area contributed by atoms with Gasteiger partial charge in [0, 0.05) is 58.7 Å². The third kappa shape index (κ3) is 17.8. The van der Waals surface area contributed by atoms with Gasteiger partial charge in [-0.3, -0.25) is 33.7 Å². The number of aliphatic carboxylic acids is 1. The van der Waals surface area contributed by atoms with Crippen LogP contribution in [0.4, 0.5) is 0 Å². The van der Waals surface area contributed by atoms with E-state index in [2.05, 4.69) is 16.0 Å². The summed E-state index contributed by atoms with van der Waals surface area (Å²) < 4.78 is 28.4. The predicted octanol–water partition coefficient (Wildman–Crippen LogP) is 2.92. The molecule has 6 amide bonds.